The van der Waals surface area contributed by atoms with Crippen LogP contribution < -0.4 is 16.4 Å². The van der Waals surface area contributed by atoms with Crippen LogP contribution in [0.1, 0.15) is 0 Å². The first-order valence-electron chi connectivity index (χ1n) is 5.93. The number of aliphatic imine (C=N–C) groups is 1. The number of guanidine groups is 1. The van der Waals surface area contributed by atoms with Crippen LogP contribution in [0.25, 0.3) is 0 Å². The number of rotatable bonds is 2. The van der Waals surface area contributed by atoms with Gasteiger partial charge in [-0.1, -0.05) is 0 Å². The minimum Gasteiger partial charge on any atom is -0.450 e. The summed E-state index contributed by atoms with van der Waals surface area (Å²) in [7, 11) is 0. The molecule has 1 saturated heterocycles. The molecule has 8 heteroatoms. The van der Waals surface area contributed by atoms with E-state index in [1.807, 2.05) is 24.3 Å². The van der Waals surface area contributed by atoms with Crippen LogP contribution in [0.3, 0.4) is 0 Å². The second-order valence-corrected chi connectivity index (χ2v) is 3.94. The maximum Gasteiger partial charge on any atom is 0.503 e. The first kappa shape index (κ1) is 15.6. The van der Waals surface area contributed by atoms with Crippen LogP contribution in [0.5, 0.6) is 0 Å². The highest BCUT2D eigenvalue weighted by molar-refractivity contribution is 5.79. The van der Waals surface area contributed by atoms with Crippen LogP contribution in [0.2, 0.25) is 0 Å². The average molecular weight is 282 g/mol. The van der Waals surface area contributed by atoms with Crippen LogP contribution in [0.4, 0.5) is 16.2 Å². The topological polar surface area (TPSA) is 134 Å². The molecule has 0 spiro atoms. The zero-order valence-electron chi connectivity index (χ0n) is 10.9. The molecular formula is C12H18N4O4. The van der Waals surface area contributed by atoms with Crippen LogP contribution in [0.15, 0.2) is 29.3 Å². The Bertz CT molecular complexity index is 447. The van der Waals surface area contributed by atoms with Crippen LogP contribution in [-0.4, -0.2) is 48.6 Å². The van der Waals surface area contributed by atoms with Gasteiger partial charge in [0.1, 0.15) is 0 Å². The molecule has 110 valence electrons. The first-order chi connectivity index (χ1) is 9.49. The second kappa shape index (κ2) is 7.85. The van der Waals surface area contributed by atoms with Gasteiger partial charge < -0.3 is 31.3 Å². The van der Waals surface area contributed by atoms with Crippen molar-refractivity contribution in [1.82, 2.24) is 0 Å². The number of nitrogens with zero attached hydrogens (tertiary/aromatic N) is 2. The van der Waals surface area contributed by atoms with Gasteiger partial charge in [0.2, 0.25) is 0 Å². The van der Waals surface area contributed by atoms with E-state index in [9.17, 15) is 0 Å². The fourth-order valence-corrected chi connectivity index (χ4v) is 1.71. The first-order valence-corrected chi connectivity index (χ1v) is 5.93. The van der Waals surface area contributed by atoms with E-state index in [0.717, 1.165) is 32.0 Å². The van der Waals surface area contributed by atoms with E-state index in [4.69, 9.17) is 31.2 Å². The Kier molecular flexibility index (Phi) is 6.11. The van der Waals surface area contributed by atoms with Crippen molar-refractivity contribution in [3.8, 4) is 0 Å². The lowest BCUT2D eigenvalue weighted by atomic mass is 10.2. The van der Waals surface area contributed by atoms with Gasteiger partial charge in [0.05, 0.1) is 18.9 Å². The molecule has 1 aliphatic heterocycles. The third-order valence-corrected chi connectivity index (χ3v) is 2.48. The second-order valence-electron chi connectivity index (χ2n) is 3.94. The third kappa shape index (κ3) is 5.91. The van der Waals surface area contributed by atoms with Gasteiger partial charge in [-0.2, -0.15) is 0 Å². The smallest absolute Gasteiger partial charge is 0.450 e. The molecule has 1 aromatic carbocycles. The normalized spacial score (nSPS) is 13.9. The summed E-state index contributed by atoms with van der Waals surface area (Å²) >= 11 is 0. The van der Waals surface area contributed by atoms with E-state index in [2.05, 4.69) is 9.89 Å². The number of benzene rings is 1. The van der Waals surface area contributed by atoms with Gasteiger partial charge in [-0.15, -0.1) is 0 Å². The number of morpholine rings is 1. The lowest BCUT2D eigenvalue weighted by molar-refractivity contribution is 0.122. The zero-order chi connectivity index (χ0) is 15.0. The number of hydrogen-bond donors (Lipinski definition) is 4. The summed E-state index contributed by atoms with van der Waals surface area (Å²) in [6.07, 6.45) is -1.83. The Morgan fingerprint density at radius 3 is 2.10 bits per heavy atom. The fraction of sp³-hybridized carbons (Fsp3) is 0.333. The third-order valence-electron chi connectivity index (χ3n) is 2.48. The largest absolute Gasteiger partial charge is 0.503 e. The van der Waals surface area contributed by atoms with Crippen molar-refractivity contribution >= 4 is 23.5 Å². The molecule has 0 aromatic heterocycles. The summed E-state index contributed by atoms with van der Waals surface area (Å²) in [6.45, 7) is 3.44. The molecule has 0 bridgehead atoms. The quantitative estimate of drug-likeness (QED) is 0.462. The van der Waals surface area contributed by atoms with E-state index in [-0.39, 0.29) is 5.96 Å². The maximum atomic E-state index is 8.56. The van der Waals surface area contributed by atoms with Crippen molar-refractivity contribution < 1.29 is 19.7 Å². The Hall–Kier alpha value is -2.48. The molecule has 1 heterocycles. The van der Waals surface area contributed by atoms with Crippen molar-refractivity contribution in [3.05, 3.63) is 24.3 Å². The minimum absolute atomic E-state index is 0.0825. The van der Waals surface area contributed by atoms with Gasteiger partial charge >= 0.3 is 6.16 Å². The Morgan fingerprint density at radius 1 is 1.15 bits per heavy atom. The number of carboxylic acid groups (broad SMARTS) is 2. The number of anilines is 1. The number of carbonyl (C=O) groups is 1. The van der Waals surface area contributed by atoms with Gasteiger partial charge in [-0.05, 0) is 24.3 Å². The summed E-state index contributed by atoms with van der Waals surface area (Å²) in [5.74, 6) is 0.0825. The molecule has 8 nitrogen and oxygen atoms in total. The number of hydrogen-bond acceptors (Lipinski definition) is 4. The molecular weight excluding hydrogens is 264 g/mol. The van der Waals surface area contributed by atoms with Gasteiger partial charge in [-0.3, -0.25) is 0 Å². The Balaban J connectivity index is 0.000000444. The molecule has 1 fully saturated rings. The molecule has 6 N–H and O–H groups in total. The van der Waals surface area contributed by atoms with Gasteiger partial charge in [-0.25, -0.2) is 9.79 Å². The molecule has 1 aromatic rings. The standard InChI is InChI=1S/C11H16N4O.CH2O3/c12-11(13)14-9-1-3-10(4-2-9)15-5-7-16-8-6-15;2-1(3)4/h1-4H,5-8H2,(H4,12,13,14);(H2,2,3,4). The zero-order valence-corrected chi connectivity index (χ0v) is 10.9. The highest BCUT2D eigenvalue weighted by Gasteiger charge is 2.10. The summed E-state index contributed by atoms with van der Waals surface area (Å²) < 4.78 is 5.30. The van der Waals surface area contributed by atoms with Crippen molar-refractivity contribution in [2.45, 2.75) is 0 Å². The Labute approximate surface area is 116 Å². The predicted molar refractivity (Wildman–Crippen MR) is 75.6 cm³/mol. The molecule has 2 rings (SSSR count). The summed E-state index contributed by atoms with van der Waals surface area (Å²) in [5, 5.41) is 13.9. The maximum absolute atomic E-state index is 8.56. The van der Waals surface area contributed by atoms with Crippen molar-refractivity contribution in [2.24, 2.45) is 16.5 Å². The molecule has 0 radical (unpaired) electrons. The molecule has 1 aliphatic rings. The van der Waals surface area contributed by atoms with Crippen LogP contribution in [-0.2, 0) is 4.74 Å². The summed E-state index contributed by atoms with van der Waals surface area (Å²) in [6, 6.07) is 7.86. The SMILES string of the molecule is NC(N)=Nc1ccc(N2CCOCC2)cc1.O=C(O)O. The van der Waals surface area contributed by atoms with Crippen molar-refractivity contribution in [1.29, 1.82) is 0 Å². The van der Waals surface area contributed by atoms with Gasteiger partial charge in [0.25, 0.3) is 0 Å². The molecule has 0 unspecified atom stereocenters. The van der Waals surface area contributed by atoms with Crippen molar-refractivity contribution in [2.75, 3.05) is 31.2 Å². The molecule has 0 atom stereocenters. The summed E-state index contributed by atoms with van der Waals surface area (Å²) in [4.78, 5) is 14.8. The molecule has 20 heavy (non-hydrogen) atoms. The van der Waals surface area contributed by atoms with E-state index in [1.54, 1.807) is 0 Å². The van der Waals surface area contributed by atoms with E-state index < -0.39 is 6.16 Å². The lowest BCUT2D eigenvalue weighted by Gasteiger charge is -2.28. The van der Waals surface area contributed by atoms with E-state index >= 15 is 0 Å². The summed E-state index contributed by atoms with van der Waals surface area (Å²) in [5.41, 5.74) is 12.6. The van der Waals surface area contributed by atoms with E-state index in [1.165, 1.54) is 5.69 Å². The highest BCUT2D eigenvalue weighted by Crippen LogP contribution is 2.20. The van der Waals surface area contributed by atoms with Crippen molar-refractivity contribution in [3.63, 3.8) is 0 Å². The number of nitrogens with two attached hydrogens (primary N) is 2. The predicted octanol–water partition coefficient (Wildman–Crippen LogP) is 0.650. The monoisotopic (exact) mass is 282 g/mol. The van der Waals surface area contributed by atoms with Gasteiger partial charge in [0.15, 0.2) is 5.96 Å². The van der Waals surface area contributed by atoms with E-state index in [0.29, 0.717) is 0 Å². The van der Waals surface area contributed by atoms with Gasteiger partial charge in [0, 0.05) is 18.8 Å². The Morgan fingerprint density at radius 2 is 1.65 bits per heavy atom. The minimum atomic E-state index is -1.83. The highest BCUT2D eigenvalue weighted by atomic mass is 16.6. The molecule has 0 saturated carbocycles. The lowest BCUT2D eigenvalue weighted by Crippen LogP contribution is -2.36. The molecule has 0 aliphatic carbocycles. The molecule has 0 amide bonds. The fourth-order valence-electron chi connectivity index (χ4n) is 1.71. The number of ether oxygens (including phenoxy) is 1. The average Bonchev–Trinajstić information content (AvgIpc) is 2.39. The van der Waals surface area contributed by atoms with Crippen LogP contribution in [0, 0.1) is 0 Å². The van der Waals surface area contributed by atoms with Crippen LogP contribution >= 0.6 is 0 Å².